The lowest BCUT2D eigenvalue weighted by atomic mass is 10.3. The van der Waals surface area contributed by atoms with Crippen molar-refractivity contribution in [3.8, 4) is 0 Å². The van der Waals surface area contributed by atoms with Gasteiger partial charge in [0.2, 0.25) is 0 Å². The van der Waals surface area contributed by atoms with Gasteiger partial charge >= 0.3 is 6.18 Å². The maximum absolute atomic E-state index is 12.0. The van der Waals surface area contributed by atoms with Gasteiger partial charge in [-0.25, -0.2) is 0 Å². The predicted octanol–water partition coefficient (Wildman–Crippen LogP) is 3.20. The van der Waals surface area contributed by atoms with Crippen LogP contribution in [0.1, 0.15) is 10.4 Å². The summed E-state index contributed by atoms with van der Waals surface area (Å²) in [6, 6.07) is 1.44. The second-order valence-corrected chi connectivity index (χ2v) is 3.16. The molecule has 0 N–H and O–H groups in total. The summed E-state index contributed by atoms with van der Waals surface area (Å²) in [5.74, 6) is 0.137. The highest BCUT2D eigenvalue weighted by molar-refractivity contribution is 7.79. The Kier molecular flexibility index (Phi) is 2.49. The van der Waals surface area contributed by atoms with E-state index < -0.39 is 11.1 Å². The summed E-state index contributed by atoms with van der Waals surface area (Å²) in [5.41, 5.74) is 0.255. The molecule has 1 aromatic heterocycles. The number of hydrogen-bond acceptors (Lipinski definition) is 2. The number of rotatable bonds is 1. The number of thiophene rings is 1. The molecule has 0 saturated carbocycles. The van der Waals surface area contributed by atoms with Gasteiger partial charge in [0, 0.05) is 5.75 Å². The van der Waals surface area contributed by atoms with Gasteiger partial charge < -0.3 is 0 Å². The van der Waals surface area contributed by atoms with Crippen molar-refractivity contribution in [3.05, 3.63) is 21.9 Å². The van der Waals surface area contributed by atoms with Crippen LogP contribution < -0.4 is 0 Å². The van der Waals surface area contributed by atoms with Gasteiger partial charge in [-0.15, -0.1) is 11.3 Å². The third-order valence-corrected chi connectivity index (χ3v) is 2.52. The van der Waals surface area contributed by atoms with E-state index in [0.717, 1.165) is 0 Å². The third-order valence-electron chi connectivity index (χ3n) is 1.17. The molecule has 0 unspecified atom stereocenters. The molecular weight excluding hydrogens is 193 g/mol. The average molecular weight is 198 g/mol. The molecule has 0 fully saturated rings. The van der Waals surface area contributed by atoms with E-state index in [9.17, 15) is 13.2 Å². The highest BCUT2D eigenvalue weighted by atomic mass is 32.1. The maximum atomic E-state index is 12.0. The fourth-order valence-electron chi connectivity index (χ4n) is 0.709. The van der Waals surface area contributed by atoms with E-state index in [1.54, 1.807) is 0 Å². The molecule has 0 nitrogen and oxygen atoms in total. The summed E-state index contributed by atoms with van der Waals surface area (Å²) in [6.07, 6.45) is -4.22. The monoisotopic (exact) mass is 198 g/mol. The largest absolute Gasteiger partial charge is 0.425 e. The van der Waals surface area contributed by atoms with Crippen molar-refractivity contribution >= 4 is 24.0 Å². The Labute approximate surface area is 71.5 Å². The van der Waals surface area contributed by atoms with Gasteiger partial charge in [-0.3, -0.25) is 0 Å². The van der Waals surface area contributed by atoms with E-state index in [0.29, 0.717) is 11.3 Å². The van der Waals surface area contributed by atoms with Crippen LogP contribution in [-0.2, 0) is 11.9 Å². The molecule has 11 heavy (non-hydrogen) atoms. The van der Waals surface area contributed by atoms with Gasteiger partial charge in [0.05, 0.1) is 0 Å². The van der Waals surface area contributed by atoms with Gasteiger partial charge in [-0.1, -0.05) is 0 Å². The fourth-order valence-corrected chi connectivity index (χ4v) is 1.87. The molecule has 0 saturated heterocycles. The Hall–Kier alpha value is -0.160. The van der Waals surface area contributed by atoms with Gasteiger partial charge in [0.15, 0.2) is 0 Å². The summed E-state index contributed by atoms with van der Waals surface area (Å²) in [7, 11) is 0. The van der Waals surface area contributed by atoms with Crippen LogP contribution in [0.5, 0.6) is 0 Å². The van der Waals surface area contributed by atoms with E-state index in [2.05, 4.69) is 12.6 Å². The summed E-state index contributed by atoms with van der Waals surface area (Å²) in [5, 5.41) is 1.42. The van der Waals surface area contributed by atoms with Crippen LogP contribution in [0.25, 0.3) is 0 Å². The van der Waals surface area contributed by atoms with E-state index >= 15 is 0 Å². The Morgan fingerprint density at radius 1 is 1.45 bits per heavy atom. The third kappa shape index (κ3) is 1.90. The average Bonchev–Trinajstić information content (AvgIpc) is 2.31. The molecule has 0 radical (unpaired) electrons. The smallest absolute Gasteiger partial charge is 0.175 e. The zero-order valence-electron chi connectivity index (χ0n) is 5.35. The lowest BCUT2D eigenvalue weighted by Crippen LogP contribution is -2.04. The van der Waals surface area contributed by atoms with Crippen molar-refractivity contribution < 1.29 is 13.2 Å². The zero-order valence-corrected chi connectivity index (χ0v) is 7.06. The van der Waals surface area contributed by atoms with Crippen LogP contribution in [0.3, 0.4) is 0 Å². The molecule has 0 aliphatic rings. The number of halogens is 3. The van der Waals surface area contributed by atoms with Crippen molar-refractivity contribution in [2.75, 3.05) is 0 Å². The summed E-state index contributed by atoms with van der Waals surface area (Å²) in [4.78, 5) is -0.535. The highest BCUT2D eigenvalue weighted by Crippen LogP contribution is 2.36. The lowest BCUT2D eigenvalue weighted by molar-refractivity contribution is -0.134. The van der Waals surface area contributed by atoms with Gasteiger partial charge in [0.1, 0.15) is 4.88 Å². The minimum absolute atomic E-state index is 0.137. The molecule has 1 aromatic rings. The molecule has 62 valence electrons. The Morgan fingerprint density at radius 3 is 2.45 bits per heavy atom. The summed E-state index contributed by atoms with van der Waals surface area (Å²) < 4.78 is 36.1. The van der Waals surface area contributed by atoms with Crippen LogP contribution in [0, 0.1) is 0 Å². The first kappa shape index (κ1) is 8.93. The van der Waals surface area contributed by atoms with Gasteiger partial charge in [-0.2, -0.15) is 25.8 Å². The van der Waals surface area contributed by atoms with Crippen molar-refractivity contribution in [3.63, 3.8) is 0 Å². The number of alkyl halides is 3. The first-order valence-corrected chi connectivity index (χ1v) is 4.31. The second kappa shape index (κ2) is 3.06. The van der Waals surface area contributed by atoms with Crippen LogP contribution in [-0.4, -0.2) is 0 Å². The molecule has 0 amide bonds. The minimum Gasteiger partial charge on any atom is -0.175 e. The van der Waals surface area contributed by atoms with Crippen molar-refractivity contribution in [1.29, 1.82) is 0 Å². The maximum Gasteiger partial charge on any atom is 0.425 e. The molecule has 0 bridgehead atoms. The van der Waals surface area contributed by atoms with Crippen molar-refractivity contribution in [2.24, 2.45) is 0 Å². The van der Waals surface area contributed by atoms with E-state index in [4.69, 9.17) is 0 Å². The van der Waals surface area contributed by atoms with Crippen LogP contribution >= 0.6 is 24.0 Å². The molecule has 5 heteroatoms. The first-order chi connectivity index (χ1) is 5.05. The summed E-state index contributed by atoms with van der Waals surface area (Å²) >= 11 is 4.49. The molecule has 1 rings (SSSR count). The predicted molar refractivity (Wildman–Crippen MR) is 42.0 cm³/mol. The Bertz CT molecular complexity index is 238. The van der Waals surface area contributed by atoms with Gasteiger partial charge in [0.25, 0.3) is 0 Å². The highest BCUT2D eigenvalue weighted by Gasteiger charge is 2.34. The topological polar surface area (TPSA) is 0 Å². The van der Waals surface area contributed by atoms with E-state index in [1.807, 2.05) is 0 Å². The molecule has 0 aromatic carbocycles. The zero-order chi connectivity index (χ0) is 8.48. The Morgan fingerprint density at radius 2 is 2.09 bits per heavy atom. The van der Waals surface area contributed by atoms with E-state index in [1.165, 1.54) is 11.4 Å². The SMILES string of the molecule is FC(F)(F)c1sccc1CS. The number of hydrogen-bond donors (Lipinski definition) is 1. The van der Waals surface area contributed by atoms with Gasteiger partial charge in [-0.05, 0) is 17.0 Å². The minimum atomic E-state index is -4.22. The Balaban J connectivity index is 3.02. The standard InChI is InChI=1S/C6H5F3S2/c7-6(8,9)5-4(3-10)1-2-11-5/h1-2,10H,3H2. The molecule has 0 aliphatic heterocycles. The second-order valence-electron chi connectivity index (χ2n) is 1.93. The lowest BCUT2D eigenvalue weighted by Gasteiger charge is -2.04. The molecule has 0 aliphatic carbocycles. The number of thiol groups is 1. The first-order valence-electron chi connectivity index (χ1n) is 2.80. The molecule has 0 atom stereocenters. The van der Waals surface area contributed by atoms with Crippen molar-refractivity contribution in [2.45, 2.75) is 11.9 Å². The summed E-state index contributed by atoms with van der Waals surface area (Å²) in [6.45, 7) is 0. The van der Waals surface area contributed by atoms with E-state index in [-0.39, 0.29) is 11.3 Å². The molecule has 0 spiro atoms. The van der Waals surface area contributed by atoms with Crippen LogP contribution in [0.2, 0.25) is 0 Å². The van der Waals surface area contributed by atoms with Crippen molar-refractivity contribution in [1.82, 2.24) is 0 Å². The normalized spacial score (nSPS) is 12.0. The fraction of sp³-hybridized carbons (Fsp3) is 0.333. The quantitative estimate of drug-likeness (QED) is 0.658. The molecular formula is C6H5F3S2. The molecule has 1 heterocycles. The van der Waals surface area contributed by atoms with Crippen LogP contribution in [0.4, 0.5) is 13.2 Å². The van der Waals surface area contributed by atoms with Crippen LogP contribution in [0.15, 0.2) is 11.4 Å².